The highest BCUT2D eigenvalue weighted by Crippen LogP contribution is 2.09. The number of nitrogens with two attached hydrogens (primary N) is 1. The van der Waals surface area contributed by atoms with Gasteiger partial charge < -0.3 is 5.73 Å². The minimum Gasteiger partial charge on any atom is -0.327 e. The molecular formula is C12H16FN. The van der Waals surface area contributed by atoms with Gasteiger partial charge in [0.1, 0.15) is 0 Å². The van der Waals surface area contributed by atoms with E-state index in [1.54, 1.807) is 0 Å². The van der Waals surface area contributed by atoms with Gasteiger partial charge in [0.15, 0.2) is 0 Å². The summed E-state index contributed by atoms with van der Waals surface area (Å²) in [6.45, 7) is 2.36. The number of aryl methyl sites for hydroxylation is 2. The van der Waals surface area contributed by atoms with Crippen LogP contribution in [0.5, 0.6) is 0 Å². The van der Waals surface area contributed by atoms with E-state index in [0.717, 1.165) is 6.42 Å². The van der Waals surface area contributed by atoms with Crippen molar-refractivity contribution in [1.29, 1.82) is 0 Å². The van der Waals surface area contributed by atoms with Crippen LogP contribution in [0.2, 0.25) is 0 Å². The van der Waals surface area contributed by atoms with Crippen LogP contribution in [0.3, 0.4) is 0 Å². The van der Waals surface area contributed by atoms with E-state index in [4.69, 9.17) is 5.73 Å². The van der Waals surface area contributed by atoms with Crippen LogP contribution in [-0.4, -0.2) is 6.54 Å². The molecule has 0 spiro atoms. The molecule has 1 rings (SSSR count). The second-order valence-electron chi connectivity index (χ2n) is 3.46. The van der Waals surface area contributed by atoms with Gasteiger partial charge in [-0.15, -0.1) is 0 Å². The van der Waals surface area contributed by atoms with E-state index in [0.29, 0.717) is 24.9 Å². The predicted molar refractivity (Wildman–Crippen MR) is 57.7 cm³/mol. The van der Waals surface area contributed by atoms with Crippen molar-refractivity contribution < 1.29 is 4.39 Å². The molecule has 0 amide bonds. The van der Waals surface area contributed by atoms with E-state index in [-0.39, 0.29) is 0 Å². The Bertz CT molecular complexity index is 301. The average Bonchev–Trinajstić information content (AvgIpc) is 2.22. The summed E-state index contributed by atoms with van der Waals surface area (Å²) in [6.07, 6.45) is 2.18. The summed E-state index contributed by atoms with van der Waals surface area (Å²) in [5.41, 5.74) is 8.50. The molecule has 1 aromatic rings. The minimum absolute atomic E-state index is 0.308. The smallest absolute Gasteiger partial charge is 0.0871 e. The molecule has 0 unspecified atom stereocenters. The molecule has 0 aliphatic heterocycles. The van der Waals surface area contributed by atoms with Crippen molar-refractivity contribution in [2.45, 2.75) is 19.8 Å². The number of benzene rings is 1. The van der Waals surface area contributed by atoms with Gasteiger partial charge in [0.25, 0.3) is 0 Å². The largest absolute Gasteiger partial charge is 0.327 e. The lowest BCUT2D eigenvalue weighted by molar-refractivity contribution is 0.692. The molecule has 0 bridgehead atoms. The fraction of sp³-hybridized carbons (Fsp3) is 0.333. The molecule has 14 heavy (non-hydrogen) atoms. The standard InChI is InChI=1S/C12H16FN/c1-10-2-4-11(5-3-10)6-7-12(8-13)9-14/h2-5,8H,6-7,9,14H2,1H3/b12-8+. The molecule has 0 saturated carbocycles. The van der Waals surface area contributed by atoms with Crippen LogP contribution in [0.4, 0.5) is 4.39 Å². The molecular weight excluding hydrogens is 177 g/mol. The Labute approximate surface area is 84.4 Å². The Morgan fingerprint density at radius 1 is 1.36 bits per heavy atom. The maximum atomic E-state index is 12.2. The van der Waals surface area contributed by atoms with E-state index in [1.165, 1.54) is 11.1 Å². The summed E-state index contributed by atoms with van der Waals surface area (Å²) in [6, 6.07) is 8.27. The van der Waals surface area contributed by atoms with Crippen molar-refractivity contribution in [2.24, 2.45) is 5.73 Å². The SMILES string of the molecule is Cc1ccc(CC/C(=C\F)CN)cc1. The average molecular weight is 193 g/mol. The highest BCUT2D eigenvalue weighted by atomic mass is 19.1. The second kappa shape index (κ2) is 5.55. The normalized spacial score (nSPS) is 11.8. The van der Waals surface area contributed by atoms with Gasteiger partial charge in [-0.05, 0) is 30.9 Å². The van der Waals surface area contributed by atoms with E-state index < -0.39 is 0 Å². The molecule has 2 heteroatoms. The summed E-state index contributed by atoms with van der Waals surface area (Å²) in [7, 11) is 0. The highest BCUT2D eigenvalue weighted by molar-refractivity contribution is 5.22. The molecule has 0 aliphatic rings. The Hall–Kier alpha value is -1.15. The summed E-state index contributed by atoms with van der Waals surface area (Å²) < 4.78 is 12.2. The lowest BCUT2D eigenvalue weighted by Crippen LogP contribution is -2.03. The van der Waals surface area contributed by atoms with Crippen molar-refractivity contribution in [3.05, 3.63) is 47.3 Å². The van der Waals surface area contributed by atoms with Crippen LogP contribution in [-0.2, 0) is 6.42 Å². The zero-order valence-electron chi connectivity index (χ0n) is 8.46. The van der Waals surface area contributed by atoms with Crippen molar-refractivity contribution in [3.63, 3.8) is 0 Å². The zero-order chi connectivity index (χ0) is 10.4. The molecule has 0 heterocycles. The summed E-state index contributed by atoms with van der Waals surface area (Å²) in [4.78, 5) is 0. The Morgan fingerprint density at radius 3 is 2.50 bits per heavy atom. The van der Waals surface area contributed by atoms with Gasteiger partial charge in [0.05, 0.1) is 6.33 Å². The summed E-state index contributed by atoms with van der Waals surface area (Å²) >= 11 is 0. The first-order valence-corrected chi connectivity index (χ1v) is 4.80. The monoisotopic (exact) mass is 193 g/mol. The minimum atomic E-state index is 0.308. The summed E-state index contributed by atoms with van der Waals surface area (Å²) in [5, 5.41) is 0. The third kappa shape index (κ3) is 3.30. The first-order chi connectivity index (χ1) is 6.76. The maximum absolute atomic E-state index is 12.2. The quantitative estimate of drug-likeness (QED) is 0.781. The topological polar surface area (TPSA) is 26.0 Å². The molecule has 0 aliphatic carbocycles. The van der Waals surface area contributed by atoms with Gasteiger partial charge in [0.2, 0.25) is 0 Å². The van der Waals surface area contributed by atoms with Crippen LogP contribution in [0.25, 0.3) is 0 Å². The van der Waals surface area contributed by atoms with Crippen LogP contribution < -0.4 is 5.73 Å². The van der Waals surface area contributed by atoms with Gasteiger partial charge in [0, 0.05) is 6.54 Å². The predicted octanol–water partition coefficient (Wildman–Crippen LogP) is 2.74. The lowest BCUT2D eigenvalue weighted by Gasteiger charge is -2.03. The van der Waals surface area contributed by atoms with Crippen LogP contribution in [0, 0.1) is 6.92 Å². The number of rotatable bonds is 4. The highest BCUT2D eigenvalue weighted by Gasteiger charge is 1.97. The molecule has 0 aromatic heterocycles. The Balaban J connectivity index is 2.49. The molecule has 0 radical (unpaired) electrons. The maximum Gasteiger partial charge on any atom is 0.0871 e. The third-order valence-electron chi connectivity index (χ3n) is 2.27. The van der Waals surface area contributed by atoms with Crippen LogP contribution >= 0.6 is 0 Å². The molecule has 0 saturated heterocycles. The van der Waals surface area contributed by atoms with Crippen LogP contribution in [0.1, 0.15) is 17.5 Å². The molecule has 2 N–H and O–H groups in total. The second-order valence-corrected chi connectivity index (χ2v) is 3.46. The Kier molecular flexibility index (Phi) is 4.33. The first-order valence-electron chi connectivity index (χ1n) is 4.80. The third-order valence-corrected chi connectivity index (χ3v) is 2.27. The van der Waals surface area contributed by atoms with Gasteiger partial charge in [-0.1, -0.05) is 29.8 Å². The number of halogens is 1. The zero-order valence-corrected chi connectivity index (χ0v) is 8.46. The van der Waals surface area contributed by atoms with E-state index >= 15 is 0 Å². The van der Waals surface area contributed by atoms with Crippen molar-refractivity contribution >= 4 is 0 Å². The molecule has 1 nitrogen and oxygen atoms in total. The number of hydrogen-bond acceptors (Lipinski definition) is 1. The van der Waals surface area contributed by atoms with E-state index in [2.05, 4.69) is 31.2 Å². The van der Waals surface area contributed by atoms with Crippen molar-refractivity contribution in [3.8, 4) is 0 Å². The van der Waals surface area contributed by atoms with Gasteiger partial charge in [-0.25, -0.2) is 4.39 Å². The molecule has 76 valence electrons. The molecule has 0 atom stereocenters. The fourth-order valence-corrected chi connectivity index (χ4v) is 1.26. The van der Waals surface area contributed by atoms with Gasteiger partial charge in [-0.3, -0.25) is 0 Å². The molecule has 0 fully saturated rings. The Morgan fingerprint density at radius 2 is 2.00 bits per heavy atom. The van der Waals surface area contributed by atoms with E-state index in [9.17, 15) is 4.39 Å². The van der Waals surface area contributed by atoms with Crippen molar-refractivity contribution in [2.75, 3.05) is 6.54 Å². The number of hydrogen-bond donors (Lipinski definition) is 1. The molecule has 1 aromatic carbocycles. The van der Waals surface area contributed by atoms with Crippen LogP contribution in [0.15, 0.2) is 36.2 Å². The van der Waals surface area contributed by atoms with Gasteiger partial charge >= 0.3 is 0 Å². The van der Waals surface area contributed by atoms with Gasteiger partial charge in [-0.2, -0.15) is 0 Å². The summed E-state index contributed by atoms with van der Waals surface area (Å²) in [5.74, 6) is 0. The first kappa shape index (κ1) is 10.9. The fourth-order valence-electron chi connectivity index (χ4n) is 1.26. The van der Waals surface area contributed by atoms with E-state index in [1.807, 2.05) is 0 Å². The lowest BCUT2D eigenvalue weighted by atomic mass is 10.0. The van der Waals surface area contributed by atoms with Crippen molar-refractivity contribution in [1.82, 2.24) is 0 Å².